The molecule has 3 aliphatic carbocycles. The number of hydrogen-bond donors (Lipinski definition) is 0. The lowest BCUT2D eigenvalue weighted by atomic mass is 9.56. The summed E-state index contributed by atoms with van der Waals surface area (Å²) in [6.07, 6.45) is 15.9. The van der Waals surface area contributed by atoms with Crippen molar-refractivity contribution in [1.29, 1.82) is 0 Å². The highest BCUT2D eigenvalue weighted by Crippen LogP contribution is 2.53. The first-order valence-electron chi connectivity index (χ1n) is 9.17. The zero-order valence-electron chi connectivity index (χ0n) is 13.1. The Bertz CT molecular complexity index is 498. The fraction of sp³-hybridized carbons (Fsp3) is 0.619. The molecule has 4 atom stereocenters. The van der Waals surface area contributed by atoms with E-state index in [-0.39, 0.29) is 0 Å². The molecule has 21 heavy (non-hydrogen) atoms. The normalized spacial score (nSPS) is 37.8. The van der Waals surface area contributed by atoms with Gasteiger partial charge in [0.05, 0.1) is 0 Å². The van der Waals surface area contributed by atoms with Crippen molar-refractivity contribution >= 4 is 6.08 Å². The molecule has 0 aromatic heterocycles. The van der Waals surface area contributed by atoms with Crippen LogP contribution >= 0.6 is 0 Å². The molecule has 0 nitrogen and oxygen atoms in total. The Kier molecular flexibility index (Phi) is 3.88. The third kappa shape index (κ3) is 2.70. The molecular weight excluding hydrogens is 252 g/mol. The Morgan fingerprint density at radius 1 is 0.762 bits per heavy atom. The second kappa shape index (κ2) is 5.99. The van der Waals surface area contributed by atoms with Crippen LogP contribution in [0.5, 0.6) is 0 Å². The fourth-order valence-corrected chi connectivity index (χ4v) is 5.57. The van der Waals surface area contributed by atoms with E-state index in [1.54, 1.807) is 5.57 Å². The van der Waals surface area contributed by atoms with Gasteiger partial charge in [-0.15, -0.1) is 0 Å². The maximum atomic E-state index is 2.55. The minimum atomic E-state index is 0.915. The number of allylic oxidation sites excluding steroid dienone is 1. The van der Waals surface area contributed by atoms with Gasteiger partial charge in [0.2, 0.25) is 0 Å². The summed E-state index contributed by atoms with van der Waals surface area (Å²) in [5.41, 5.74) is 3.22. The first-order valence-corrected chi connectivity index (χ1v) is 9.17. The summed E-state index contributed by atoms with van der Waals surface area (Å²) in [5.74, 6) is 4.01. The Hall–Kier alpha value is -1.04. The summed E-state index contributed by atoms with van der Waals surface area (Å²) in [7, 11) is 0. The second-order valence-electron chi connectivity index (χ2n) is 7.60. The van der Waals surface area contributed by atoms with Gasteiger partial charge < -0.3 is 0 Å². The molecule has 1 aromatic carbocycles. The molecule has 0 N–H and O–H groups in total. The molecule has 0 heterocycles. The third-order valence-corrected chi connectivity index (χ3v) is 6.46. The maximum Gasteiger partial charge on any atom is -0.0169 e. The lowest BCUT2D eigenvalue weighted by molar-refractivity contribution is 0.0636. The van der Waals surface area contributed by atoms with Gasteiger partial charge in [-0.25, -0.2) is 0 Å². The average Bonchev–Trinajstić information content (AvgIpc) is 2.56. The van der Waals surface area contributed by atoms with Crippen LogP contribution in [0.2, 0.25) is 0 Å². The molecule has 4 rings (SSSR count). The van der Waals surface area contributed by atoms with Gasteiger partial charge in [0.15, 0.2) is 0 Å². The van der Waals surface area contributed by atoms with Crippen molar-refractivity contribution in [3.63, 3.8) is 0 Å². The Morgan fingerprint density at radius 2 is 1.48 bits per heavy atom. The predicted octanol–water partition coefficient (Wildman–Crippen LogP) is 6.09. The van der Waals surface area contributed by atoms with Gasteiger partial charge in [-0.2, -0.15) is 0 Å². The number of fused-ring (bicyclic) bond motifs is 3. The minimum Gasteiger partial charge on any atom is -0.0659 e. The number of benzene rings is 1. The van der Waals surface area contributed by atoms with E-state index in [1.807, 2.05) is 0 Å². The smallest absolute Gasteiger partial charge is 0.0169 e. The molecule has 3 fully saturated rings. The molecule has 3 saturated carbocycles. The van der Waals surface area contributed by atoms with E-state index in [9.17, 15) is 0 Å². The average molecular weight is 280 g/mol. The van der Waals surface area contributed by atoms with E-state index in [1.165, 1.54) is 63.4 Å². The van der Waals surface area contributed by atoms with Crippen molar-refractivity contribution in [1.82, 2.24) is 0 Å². The second-order valence-corrected chi connectivity index (χ2v) is 7.60. The highest BCUT2D eigenvalue weighted by molar-refractivity contribution is 5.54. The molecule has 0 bridgehead atoms. The topological polar surface area (TPSA) is 0 Å². The summed E-state index contributed by atoms with van der Waals surface area (Å²) in [5, 5.41) is 0. The first-order chi connectivity index (χ1) is 10.4. The van der Waals surface area contributed by atoms with E-state index >= 15 is 0 Å². The van der Waals surface area contributed by atoms with Crippen molar-refractivity contribution < 1.29 is 0 Å². The molecule has 0 radical (unpaired) electrons. The van der Waals surface area contributed by atoms with Crippen LogP contribution in [-0.2, 0) is 0 Å². The lowest BCUT2D eigenvalue weighted by Gasteiger charge is -2.49. The van der Waals surface area contributed by atoms with Crippen LogP contribution in [0.1, 0.15) is 63.4 Å². The summed E-state index contributed by atoms with van der Waals surface area (Å²) < 4.78 is 0. The molecule has 1 aromatic rings. The summed E-state index contributed by atoms with van der Waals surface area (Å²) in [6.45, 7) is 0. The van der Waals surface area contributed by atoms with E-state index in [0.29, 0.717) is 0 Å². The van der Waals surface area contributed by atoms with Gasteiger partial charge in [-0.1, -0.05) is 67.7 Å². The zero-order valence-corrected chi connectivity index (χ0v) is 13.1. The summed E-state index contributed by atoms with van der Waals surface area (Å²) in [6, 6.07) is 11.0. The number of rotatable bonds is 1. The maximum absolute atomic E-state index is 2.55. The van der Waals surface area contributed by atoms with Gasteiger partial charge >= 0.3 is 0 Å². The van der Waals surface area contributed by atoms with Crippen molar-refractivity contribution in [2.45, 2.75) is 57.8 Å². The fourth-order valence-electron chi connectivity index (χ4n) is 5.57. The standard InChI is InChI=1S/C21H28/c1-2-8-16(9-3-1)14-18-15-17-10-4-5-11-19(17)21-13-7-6-12-20(18)21/h1-3,8-9,14,17,19-21H,4-7,10-13,15H2/b18-14+/t17-,19-,20+,21+/m0/s1. The molecule has 112 valence electrons. The van der Waals surface area contributed by atoms with Crippen LogP contribution in [0.25, 0.3) is 6.08 Å². The third-order valence-electron chi connectivity index (χ3n) is 6.46. The monoisotopic (exact) mass is 280 g/mol. The summed E-state index contributed by atoms with van der Waals surface area (Å²) in [4.78, 5) is 0. The van der Waals surface area contributed by atoms with Crippen LogP contribution in [0.4, 0.5) is 0 Å². The van der Waals surface area contributed by atoms with Crippen molar-refractivity contribution in [3.05, 3.63) is 41.5 Å². The molecule has 0 amide bonds. The minimum absolute atomic E-state index is 0.915. The Morgan fingerprint density at radius 3 is 2.33 bits per heavy atom. The van der Waals surface area contributed by atoms with Crippen molar-refractivity contribution in [3.8, 4) is 0 Å². The van der Waals surface area contributed by atoms with Crippen LogP contribution in [-0.4, -0.2) is 0 Å². The van der Waals surface area contributed by atoms with Crippen molar-refractivity contribution in [2.24, 2.45) is 23.7 Å². The largest absolute Gasteiger partial charge is 0.0659 e. The lowest BCUT2D eigenvalue weighted by Crippen LogP contribution is -2.39. The molecule has 0 heteroatoms. The van der Waals surface area contributed by atoms with E-state index < -0.39 is 0 Å². The van der Waals surface area contributed by atoms with Crippen LogP contribution in [0.3, 0.4) is 0 Å². The zero-order chi connectivity index (χ0) is 14.1. The first kappa shape index (κ1) is 13.6. The molecular formula is C21H28. The van der Waals surface area contributed by atoms with Gasteiger partial charge in [0.1, 0.15) is 0 Å². The number of hydrogen-bond acceptors (Lipinski definition) is 0. The Balaban J connectivity index is 1.65. The molecule has 3 aliphatic rings. The molecule has 0 unspecified atom stereocenters. The molecule has 0 aliphatic heterocycles. The van der Waals surface area contributed by atoms with E-state index in [4.69, 9.17) is 0 Å². The highest BCUT2D eigenvalue weighted by Gasteiger charge is 2.43. The van der Waals surface area contributed by atoms with Crippen LogP contribution in [0, 0.1) is 23.7 Å². The summed E-state index contributed by atoms with van der Waals surface area (Å²) >= 11 is 0. The van der Waals surface area contributed by atoms with Gasteiger partial charge in [-0.3, -0.25) is 0 Å². The highest BCUT2D eigenvalue weighted by atomic mass is 14.5. The van der Waals surface area contributed by atoms with E-state index in [0.717, 1.165) is 23.7 Å². The van der Waals surface area contributed by atoms with Crippen LogP contribution < -0.4 is 0 Å². The van der Waals surface area contributed by atoms with E-state index in [2.05, 4.69) is 36.4 Å². The van der Waals surface area contributed by atoms with Gasteiger partial charge in [0, 0.05) is 0 Å². The van der Waals surface area contributed by atoms with Gasteiger partial charge in [0.25, 0.3) is 0 Å². The molecule has 0 spiro atoms. The van der Waals surface area contributed by atoms with Crippen molar-refractivity contribution in [2.75, 3.05) is 0 Å². The van der Waals surface area contributed by atoms with Crippen LogP contribution in [0.15, 0.2) is 35.9 Å². The van der Waals surface area contributed by atoms with Gasteiger partial charge in [-0.05, 0) is 61.3 Å². The Labute approximate surface area is 129 Å². The quantitative estimate of drug-likeness (QED) is 0.584. The predicted molar refractivity (Wildman–Crippen MR) is 89.9 cm³/mol. The molecule has 0 saturated heterocycles. The SMILES string of the molecule is C(=C1/C[C@@H]2CCCC[C@@H]2[C@H]2CCCC[C@H]12)/c1ccccc1.